The first-order valence-corrected chi connectivity index (χ1v) is 8.73. The van der Waals surface area contributed by atoms with Gasteiger partial charge < -0.3 is 11.1 Å². The van der Waals surface area contributed by atoms with Crippen molar-refractivity contribution in [1.29, 1.82) is 0 Å². The summed E-state index contributed by atoms with van der Waals surface area (Å²) >= 11 is 0. The SMILES string of the molecule is N[C@@H]1CCC[C@H]1CC(=O)NCC1(Cc2ccccc2)CCC1. The normalized spacial score (nSPS) is 26.4. The fourth-order valence-corrected chi connectivity index (χ4v) is 4.04. The molecule has 22 heavy (non-hydrogen) atoms. The van der Waals surface area contributed by atoms with Crippen LogP contribution >= 0.6 is 0 Å². The van der Waals surface area contributed by atoms with Crippen molar-refractivity contribution in [2.45, 2.75) is 57.4 Å². The van der Waals surface area contributed by atoms with Crippen molar-refractivity contribution >= 4 is 5.91 Å². The summed E-state index contributed by atoms with van der Waals surface area (Å²) in [5.41, 5.74) is 7.74. The van der Waals surface area contributed by atoms with Crippen molar-refractivity contribution < 1.29 is 4.79 Å². The average molecular weight is 300 g/mol. The van der Waals surface area contributed by atoms with Gasteiger partial charge in [0.15, 0.2) is 0 Å². The molecular weight excluding hydrogens is 272 g/mol. The van der Waals surface area contributed by atoms with Gasteiger partial charge in [0.1, 0.15) is 0 Å². The minimum absolute atomic E-state index is 0.196. The molecule has 3 rings (SSSR count). The van der Waals surface area contributed by atoms with E-state index in [1.165, 1.54) is 31.2 Å². The van der Waals surface area contributed by atoms with Crippen LogP contribution in [0.15, 0.2) is 30.3 Å². The lowest BCUT2D eigenvalue weighted by Crippen LogP contribution is -2.44. The van der Waals surface area contributed by atoms with Crippen molar-refractivity contribution in [3.8, 4) is 0 Å². The van der Waals surface area contributed by atoms with Gasteiger partial charge >= 0.3 is 0 Å². The molecule has 1 aromatic carbocycles. The maximum absolute atomic E-state index is 12.2. The monoisotopic (exact) mass is 300 g/mol. The third-order valence-corrected chi connectivity index (χ3v) is 5.66. The molecule has 2 aliphatic carbocycles. The molecule has 1 amide bonds. The Labute approximate surface area is 133 Å². The molecule has 0 aromatic heterocycles. The number of carbonyl (C=O) groups is 1. The van der Waals surface area contributed by atoms with Gasteiger partial charge in [0.05, 0.1) is 0 Å². The van der Waals surface area contributed by atoms with E-state index in [0.717, 1.165) is 25.8 Å². The summed E-state index contributed by atoms with van der Waals surface area (Å²) in [7, 11) is 0. The molecule has 2 fully saturated rings. The van der Waals surface area contributed by atoms with Gasteiger partial charge in [-0.3, -0.25) is 4.79 Å². The summed E-state index contributed by atoms with van der Waals surface area (Å²) in [6, 6.07) is 10.9. The van der Waals surface area contributed by atoms with E-state index in [0.29, 0.717) is 12.3 Å². The van der Waals surface area contributed by atoms with Crippen LogP contribution in [0.3, 0.4) is 0 Å². The highest BCUT2D eigenvalue weighted by Gasteiger charge is 2.37. The summed E-state index contributed by atoms with van der Waals surface area (Å²) in [6.07, 6.45) is 8.81. The van der Waals surface area contributed by atoms with E-state index in [-0.39, 0.29) is 17.4 Å². The Morgan fingerprint density at radius 2 is 1.95 bits per heavy atom. The number of nitrogens with two attached hydrogens (primary N) is 1. The number of hydrogen-bond donors (Lipinski definition) is 2. The van der Waals surface area contributed by atoms with Crippen LogP contribution in [-0.2, 0) is 11.2 Å². The molecule has 3 N–H and O–H groups in total. The summed E-state index contributed by atoms with van der Waals surface area (Å²) < 4.78 is 0. The van der Waals surface area contributed by atoms with Gasteiger partial charge in [0, 0.05) is 19.0 Å². The Hall–Kier alpha value is -1.35. The van der Waals surface area contributed by atoms with Crippen molar-refractivity contribution in [3.05, 3.63) is 35.9 Å². The highest BCUT2D eigenvalue weighted by molar-refractivity contribution is 5.76. The molecule has 2 atom stereocenters. The predicted octanol–water partition coefficient (Wildman–Crippen LogP) is 3.03. The Morgan fingerprint density at radius 1 is 1.18 bits per heavy atom. The quantitative estimate of drug-likeness (QED) is 0.848. The molecule has 3 nitrogen and oxygen atoms in total. The standard InChI is InChI=1S/C19H28N2O/c20-17-9-4-8-16(17)12-18(22)21-14-19(10-5-11-19)13-15-6-2-1-3-7-15/h1-3,6-7,16-17H,4-5,8-14,20H2,(H,21,22)/t16-,17+/m0/s1. The Bertz CT molecular complexity index is 495. The fraction of sp³-hybridized carbons (Fsp3) is 0.632. The van der Waals surface area contributed by atoms with E-state index in [9.17, 15) is 4.79 Å². The Morgan fingerprint density at radius 3 is 2.55 bits per heavy atom. The molecule has 0 bridgehead atoms. The summed E-state index contributed by atoms with van der Waals surface area (Å²) in [4.78, 5) is 12.2. The summed E-state index contributed by atoms with van der Waals surface area (Å²) in [5, 5.41) is 3.20. The summed E-state index contributed by atoms with van der Waals surface area (Å²) in [6.45, 7) is 0.822. The molecule has 120 valence electrons. The van der Waals surface area contributed by atoms with E-state index in [1.807, 2.05) is 0 Å². The zero-order valence-corrected chi connectivity index (χ0v) is 13.4. The maximum Gasteiger partial charge on any atom is 0.220 e. The van der Waals surface area contributed by atoms with Crippen molar-refractivity contribution in [2.24, 2.45) is 17.1 Å². The second kappa shape index (κ2) is 6.82. The van der Waals surface area contributed by atoms with Gasteiger partial charge in [-0.1, -0.05) is 43.2 Å². The first kappa shape index (κ1) is 15.5. The molecular formula is C19H28N2O. The first-order chi connectivity index (χ1) is 10.7. The molecule has 3 heteroatoms. The molecule has 0 heterocycles. The van der Waals surface area contributed by atoms with Crippen LogP contribution in [0.25, 0.3) is 0 Å². The largest absolute Gasteiger partial charge is 0.356 e. The van der Waals surface area contributed by atoms with Crippen LogP contribution in [0.4, 0.5) is 0 Å². The zero-order valence-electron chi connectivity index (χ0n) is 13.4. The fourth-order valence-electron chi connectivity index (χ4n) is 4.04. The average Bonchev–Trinajstić information content (AvgIpc) is 2.88. The van der Waals surface area contributed by atoms with E-state index in [4.69, 9.17) is 5.73 Å². The minimum Gasteiger partial charge on any atom is -0.356 e. The van der Waals surface area contributed by atoms with Crippen LogP contribution < -0.4 is 11.1 Å². The van der Waals surface area contributed by atoms with Gasteiger partial charge in [-0.25, -0.2) is 0 Å². The zero-order chi connectivity index (χ0) is 15.4. The third kappa shape index (κ3) is 3.70. The maximum atomic E-state index is 12.2. The lowest BCUT2D eigenvalue weighted by molar-refractivity contribution is -0.123. The van der Waals surface area contributed by atoms with Gasteiger partial charge in [-0.2, -0.15) is 0 Å². The first-order valence-electron chi connectivity index (χ1n) is 8.73. The van der Waals surface area contributed by atoms with Gasteiger partial charge in [-0.15, -0.1) is 0 Å². The third-order valence-electron chi connectivity index (χ3n) is 5.66. The minimum atomic E-state index is 0.196. The van der Waals surface area contributed by atoms with Crippen LogP contribution in [0.5, 0.6) is 0 Å². The highest BCUT2D eigenvalue weighted by atomic mass is 16.1. The number of rotatable bonds is 6. The summed E-state index contributed by atoms with van der Waals surface area (Å²) in [5.74, 6) is 0.591. The molecule has 0 radical (unpaired) electrons. The number of benzene rings is 1. The van der Waals surface area contributed by atoms with E-state index in [1.54, 1.807) is 0 Å². The van der Waals surface area contributed by atoms with Crippen molar-refractivity contribution in [2.75, 3.05) is 6.54 Å². The Balaban J connectivity index is 1.49. The lowest BCUT2D eigenvalue weighted by Gasteiger charge is -2.42. The molecule has 2 saturated carbocycles. The van der Waals surface area contributed by atoms with Gasteiger partial charge in [0.25, 0.3) is 0 Å². The van der Waals surface area contributed by atoms with Crippen LogP contribution in [-0.4, -0.2) is 18.5 Å². The lowest BCUT2D eigenvalue weighted by atomic mass is 9.65. The number of amides is 1. The van der Waals surface area contributed by atoms with Gasteiger partial charge in [0.2, 0.25) is 5.91 Å². The van der Waals surface area contributed by atoms with Gasteiger partial charge in [-0.05, 0) is 49.0 Å². The van der Waals surface area contributed by atoms with Crippen LogP contribution in [0.1, 0.15) is 50.5 Å². The highest BCUT2D eigenvalue weighted by Crippen LogP contribution is 2.43. The molecule has 2 aliphatic rings. The number of hydrogen-bond acceptors (Lipinski definition) is 2. The number of nitrogens with one attached hydrogen (secondary N) is 1. The second-order valence-corrected chi connectivity index (χ2v) is 7.35. The van der Waals surface area contributed by atoms with E-state index in [2.05, 4.69) is 35.6 Å². The topological polar surface area (TPSA) is 55.1 Å². The molecule has 0 aliphatic heterocycles. The Kier molecular flexibility index (Phi) is 4.82. The van der Waals surface area contributed by atoms with Crippen molar-refractivity contribution in [3.63, 3.8) is 0 Å². The van der Waals surface area contributed by atoms with Crippen LogP contribution in [0, 0.1) is 11.3 Å². The number of carbonyl (C=O) groups excluding carboxylic acids is 1. The van der Waals surface area contributed by atoms with E-state index >= 15 is 0 Å². The van der Waals surface area contributed by atoms with Crippen molar-refractivity contribution in [1.82, 2.24) is 5.32 Å². The smallest absolute Gasteiger partial charge is 0.220 e. The van der Waals surface area contributed by atoms with Crippen LogP contribution in [0.2, 0.25) is 0 Å². The molecule has 1 aromatic rings. The molecule has 0 saturated heterocycles. The molecule has 0 spiro atoms. The molecule has 0 unspecified atom stereocenters. The second-order valence-electron chi connectivity index (χ2n) is 7.35. The predicted molar refractivity (Wildman–Crippen MR) is 89.4 cm³/mol. The van der Waals surface area contributed by atoms with E-state index < -0.39 is 0 Å².